The quantitative estimate of drug-likeness (QED) is 0.725. The first-order valence-corrected chi connectivity index (χ1v) is 7.84. The van der Waals surface area contributed by atoms with E-state index in [-0.39, 0.29) is 25.4 Å². The van der Waals surface area contributed by atoms with E-state index >= 15 is 0 Å². The average Bonchev–Trinajstić information content (AvgIpc) is 2.38. The maximum atomic E-state index is 13.9. The number of nitrogen functional groups attached to an aromatic ring is 1. The van der Waals surface area contributed by atoms with Crippen LogP contribution < -0.4 is 5.73 Å². The Labute approximate surface area is 124 Å². The molecule has 0 heterocycles. The predicted molar refractivity (Wildman–Crippen MR) is 77.9 cm³/mol. The molecule has 21 heavy (non-hydrogen) atoms. The van der Waals surface area contributed by atoms with Gasteiger partial charge in [0.1, 0.15) is 10.7 Å². The topological polar surface area (TPSA) is 81.9 Å². The van der Waals surface area contributed by atoms with Crippen LogP contribution in [0, 0.1) is 5.82 Å². The number of methoxy groups -OCH3 is 2. The second-order valence-corrected chi connectivity index (χ2v) is 6.40. The lowest BCUT2D eigenvalue weighted by Crippen LogP contribution is -2.43. The molecule has 0 aliphatic heterocycles. The number of hydrogen-bond donors (Lipinski definition) is 1. The van der Waals surface area contributed by atoms with E-state index in [2.05, 4.69) is 0 Å². The van der Waals surface area contributed by atoms with E-state index in [9.17, 15) is 12.8 Å². The lowest BCUT2D eigenvalue weighted by molar-refractivity contribution is 0.119. The Morgan fingerprint density at radius 3 is 2.52 bits per heavy atom. The van der Waals surface area contributed by atoms with Crippen molar-refractivity contribution in [1.29, 1.82) is 0 Å². The minimum Gasteiger partial charge on any atom is -0.398 e. The van der Waals surface area contributed by atoms with Gasteiger partial charge in [0.05, 0.1) is 18.9 Å². The molecule has 0 saturated heterocycles. The van der Waals surface area contributed by atoms with Gasteiger partial charge in [-0.2, -0.15) is 4.31 Å². The highest BCUT2D eigenvalue weighted by Crippen LogP contribution is 2.26. The van der Waals surface area contributed by atoms with Crippen molar-refractivity contribution < 1.29 is 22.3 Å². The van der Waals surface area contributed by atoms with Crippen LogP contribution in [0.1, 0.15) is 6.92 Å². The van der Waals surface area contributed by atoms with Crippen LogP contribution in [-0.4, -0.2) is 52.7 Å². The predicted octanol–water partition coefficient (Wildman–Crippen LogP) is 1.08. The largest absolute Gasteiger partial charge is 0.398 e. The highest BCUT2D eigenvalue weighted by atomic mass is 32.2. The summed E-state index contributed by atoms with van der Waals surface area (Å²) in [7, 11) is -1.15. The van der Waals surface area contributed by atoms with Gasteiger partial charge in [-0.3, -0.25) is 0 Å². The molecule has 6 nitrogen and oxygen atoms in total. The maximum Gasteiger partial charge on any atom is 0.248 e. The highest BCUT2D eigenvalue weighted by molar-refractivity contribution is 7.89. The number of anilines is 1. The van der Waals surface area contributed by atoms with Crippen LogP contribution in [0.2, 0.25) is 0 Å². The molecule has 0 bridgehead atoms. The second kappa shape index (κ2) is 7.69. The summed E-state index contributed by atoms with van der Waals surface area (Å²) in [6.07, 6.45) is 0. The zero-order valence-corrected chi connectivity index (χ0v) is 13.2. The van der Waals surface area contributed by atoms with Crippen molar-refractivity contribution >= 4 is 15.7 Å². The Morgan fingerprint density at radius 2 is 2.00 bits per heavy atom. The van der Waals surface area contributed by atoms with Gasteiger partial charge in [0, 0.05) is 26.8 Å². The summed E-state index contributed by atoms with van der Waals surface area (Å²) in [5.74, 6) is -0.873. The van der Waals surface area contributed by atoms with Crippen LogP contribution in [0.5, 0.6) is 0 Å². The molecule has 0 aromatic heterocycles. The number of nitrogens with two attached hydrogens (primary N) is 1. The standard InChI is InChI=1S/C13H21FN2O4S/c1-10(9-20-3)16(7-8-19-2)21(17,18)13-11(14)5-4-6-12(13)15/h4-6,10H,7-9,15H2,1-3H3. The van der Waals surface area contributed by atoms with Gasteiger partial charge in [0.15, 0.2) is 0 Å². The fourth-order valence-corrected chi connectivity index (χ4v) is 3.76. The monoisotopic (exact) mass is 320 g/mol. The fraction of sp³-hybridized carbons (Fsp3) is 0.538. The number of ether oxygens (including phenoxy) is 2. The summed E-state index contributed by atoms with van der Waals surface area (Å²) in [6, 6.07) is 3.31. The summed E-state index contributed by atoms with van der Waals surface area (Å²) >= 11 is 0. The zero-order valence-electron chi connectivity index (χ0n) is 12.4. The minimum atomic E-state index is -4.08. The van der Waals surface area contributed by atoms with E-state index in [1.807, 2.05) is 0 Å². The first-order valence-electron chi connectivity index (χ1n) is 6.40. The van der Waals surface area contributed by atoms with Crippen molar-refractivity contribution in [3.63, 3.8) is 0 Å². The first kappa shape index (κ1) is 17.8. The van der Waals surface area contributed by atoms with Crippen molar-refractivity contribution in [2.75, 3.05) is 39.7 Å². The molecule has 0 saturated carbocycles. The molecule has 120 valence electrons. The molecule has 1 unspecified atom stereocenters. The molecule has 0 spiro atoms. The SMILES string of the molecule is COCCN(C(C)COC)S(=O)(=O)c1c(N)cccc1F. The summed E-state index contributed by atoms with van der Waals surface area (Å²) in [5, 5.41) is 0. The smallest absolute Gasteiger partial charge is 0.248 e. The molecule has 1 rings (SSSR count). The Hall–Kier alpha value is -1.22. The van der Waals surface area contributed by atoms with Crippen molar-refractivity contribution in [2.24, 2.45) is 0 Å². The van der Waals surface area contributed by atoms with Crippen molar-refractivity contribution in [3.05, 3.63) is 24.0 Å². The number of halogens is 1. The second-order valence-electron chi connectivity index (χ2n) is 4.57. The molecule has 0 aliphatic rings. The fourth-order valence-electron chi connectivity index (χ4n) is 2.00. The third kappa shape index (κ3) is 4.13. The van der Waals surface area contributed by atoms with Crippen molar-refractivity contribution in [2.45, 2.75) is 17.9 Å². The Morgan fingerprint density at radius 1 is 1.33 bits per heavy atom. The van der Waals surface area contributed by atoms with E-state index in [1.165, 1.54) is 26.4 Å². The van der Waals surface area contributed by atoms with Crippen molar-refractivity contribution in [1.82, 2.24) is 4.31 Å². The summed E-state index contributed by atoms with van der Waals surface area (Å²) in [4.78, 5) is -0.510. The van der Waals surface area contributed by atoms with Crippen LogP contribution >= 0.6 is 0 Å². The van der Waals surface area contributed by atoms with Crippen LogP contribution in [0.25, 0.3) is 0 Å². The first-order chi connectivity index (χ1) is 9.86. The number of nitrogens with zero attached hydrogens (tertiary/aromatic N) is 1. The molecule has 0 amide bonds. The molecular weight excluding hydrogens is 299 g/mol. The van der Waals surface area contributed by atoms with Crippen LogP contribution in [-0.2, 0) is 19.5 Å². The zero-order chi connectivity index (χ0) is 16.0. The highest BCUT2D eigenvalue weighted by Gasteiger charge is 2.32. The average molecular weight is 320 g/mol. The summed E-state index contributed by atoms with van der Waals surface area (Å²) in [5.41, 5.74) is 5.52. The van der Waals surface area contributed by atoms with Gasteiger partial charge < -0.3 is 15.2 Å². The van der Waals surface area contributed by atoms with Crippen molar-refractivity contribution in [3.8, 4) is 0 Å². The van der Waals surface area contributed by atoms with Crippen LogP contribution in [0.3, 0.4) is 0 Å². The normalized spacial score (nSPS) is 13.6. The lowest BCUT2D eigenvalue weighted by atomic mass is 10.3. The van der Waals surface area contributed by atoms with E-state index in [0.29, 0.717) is 0 Å². The van der Waals surface area contributed by atoms with E-state index < -0.39 is 26.8 Å². The molecular formula is C13H21FN2O4S. The van der Waals surface area contributed by atoms with Crippen LogP contribution in [0.4, 0.5) is 10.1 Å². The van der Waals surface area contributed by atoms with Crippen LogP contribution in [0.15, 0.2) is 23.1 Å². The molecule has 1 atom stereocenters. The molecule has 1 aromatic carbocycles. The van der Waals surface area contributed by atoms with Gasteiger partial charge in [0.2, 0.25) is 10.0 Å². The number of benzene rings is 1. The van der Waals surface area contributed by atoms with E-state index in [1.54, 1.807) is 6.92 Å². The lowest BCUT2D eigenvalue weighted by Gasteiger charge is -2.28. The number of rotatable bonds is 8. The third-order valence-corrected chi connectivity index (χ3v) is 5.09. The maximum absolute atomic E-state index is 13.9. The Kier molecular flexibility index (Phi) is 6.53. The molecule has 1 aromatic rings. The molecule has 0 fully saturated rings. The molecule has 0 aliphatic carbocycles. The van der Waals surface area contributed by atoms with Gasteiger partial charge in [-0.05, 0) is 19.1 Å². The van der Waals surface area contributed by atoms with Gasteiger partial charge >= 0.3 is 0 Å². The summed E-state index contributed by atoms with van der Waals surface area (Å²) in [6.45, 7) is 2.11. The van der Waals surface area contributed by atoms with Gasteiger partial charge in [-0.25, -0.2) is 12.8 Å². The van der Waals surface area contributed by atoms with Gasteiger partial charge in [-0.1, -0.05) is 6.07 Å². The molecule has 2 N–H and O–H groups in total. The van der Waals surface area contributed by atoms with E-state index in [0.717, 1.165) is 10.4 Å². The molecule has 8 heteroatoms. The number of sulfonamides is 1. The summed E-state index contributed by atoms with van der Waals surface area (Å²) < 4.78 is 50.3. The minimum absolute atomic E-state index is 0.0805. The number of hydrogen-bond acceptors (Lipinski definition) is 5. The van der Waals surface area contributed by atoms with Gasteiger partial charge in [-0.15, -0.1) is 0 Å². The third-order valence-electron chi connectivity index (χ3n) is 2.98. The Bertz CT molecular complexity index is 545. The Balaban J connectivity index is 3.26. The van der Waals surface area contributed by atoms with E-state index in [4.69, 9.17) is 15.2 Å². The van der Waals surface area contributed by atoms with Gasteiger partial charge in [0.25, 0.3) is 0 Å². The molecule has 0 radical (unpaired) electrons.